The van der Waals surface area contributed by atoms with Gasteiger partial charge in [0.1, 0.15) is 0 Å². The van der Waals surface area contributed by atoms with Crippen LogP contribution in [0.5, 0.6) is 0 Å². The minimum atomic E-state index is 0.291. The van der Waals surface area contributed by atoms with Crippen molar-refractivity contribution in [2.24, 2.45) is 17.0 Å². The Hall–Kier alpha value is -1.35. The van der Waals surface area contributed by atoms with E-state index in [1.54, 1.807) is 0 Å². The lowest BCUT2D eigenvalue weighted by Gasteiger charge is -2.23. The summed E-state index contributed by atoms with van der Waals surface area (Å²) in [5.41, 5.74) is 2.27. The summed E-state index contributed by atoms with van der Waals surface area (Å²) in [7, 11) is 0. The van der Waals surface area contributed by atoms with Crippen LogP contribution >= 0.6 is 0 Å². The molecule has 2 aliphatic carbocycles. The van der Waals surface area contributed by atoms with Gasteiger partial charge in [-0.15, -0.1) is 0 Å². The minimum Gasteiger partial charge on any atom is -0.411 e. The number of benzene rings is 1. The molecule has 90 valence electrons. The number of nitrogens with one attached hydrogen (secondary N) is 1. The molecule has 0 heterocycles. The molecule has 0 saturated heterocycles. The third kappa shape index (κ3) is 1.95. The summed E-state index contributed by atoms with van der Waals surface area (Å²) in [6.07, 6.45) is 3.68. The molecule has 0 radical (unpaired) electrons. The molecule has 3 nitrogen and oxygen atoms in total. The molecule has 1 aromatic rings. The highest BCUT2D eigenvalue weighted by molar-refractivity contribution is 5.94. The molecule has 1 aromatic carbocycles. The SMILES string of the molecule is O/N=C1\[C@H]2CC[C@@H](C2)[C@@H]1NCc1ccccc1. The lowest BCUT2D eigenvalue weighted by molar-refractivity contribution is 0.309. The highest BCUT2D eigenvalue weighted by atomic mass is 16.4. The number of hydrogen-bond donors (Lipinski definition) is 2. The maximum atomic E-state index is 9.10. The Morgan fingerprint density at radius 1 is 1.24 bits per heavy atom. The molecule has 3 rings (SSSR count). The maximum Gasteiger partial charge on any atom is 0.0773 e. The van der Waals surface area contributed by atoms with Crippen molar-refractivity contribution in [2.75, 3.05) is 0 Å². The van der Waals surface area contributed by atoms with Crippen molar-refractivity contribution in [1.29, 1.82) is 0 Å². The zero-order valence-electron chi connectivity index (χ0n) is 9.84. The van der Waals surface area contributed by atoms with Gasteiger partial charge < -0.3 is 10.5 Å². The summed E-state index contributed by atoms with van der Waals surface area (Å²) >= 11 is 0. The Labute approximate surface area is 102 Å². The largest absolute Gasteiger partial charge is 0.411 e. The van der Waals surface area contributed by atoms with Gasteiger partial charge in [0.05, 0.1) is 11.8 Å². The van der Waals surface area contributed by atoms with Crippen molar-refractivity contribution < 1.29 is 5.21 Å². The molecule has 2 N–H and O–H groups in total. The molecular weight excluding hydrogens is 212 g/mol. The first-order valence-corrected chi connectivity index (χ1v) is 6.37. The van der Waals surface area contributed by atoms with E-state index in [4.69, 9.17) is 5.21 Å². The van der Waals surface area contributed by atoms with Gasteiger partial charge >= 0.3 is 0 Å². The summed E-state index contributed by atoms with van der Waals surface area (Å²) < 4.78 is 0. The average molecular weight is 230 g/mol. The molecule has 2 saturated carbocycles. The van der Waals surface area contributed by atoms with E-state index in [1.807, 2.05) is 6.07 Å². The van der Waals surface area contributed by atoms with Crippen molar-refractivity contribution >= 4 is 5.71 Å². The normalized spacial score (nSPS) is 33.4. The fourth-order valence-electron chi connectivity index (χ4n) is 3.32. The van der Waals surface area contributed by atoms with Crippen molar-refractivity contribution in [3.05, 3.63) is 35.9 Å². The van der Waals surface area contributed by atoms with Gasteiger partial charge in [-0.25, -0.2) is 0 Å². The zero-order valence-corrected chi connectivity index (χ0v) is 9.84. The monoisotopic (exact) mass is 230 g/mol. The van der Waals surface area contributed by atoms with Gasteiger partial charge in [0.25, 0.3) is 0 Å². The molecule has 3 atom stereocenters. The number of hydrogen-bond acceptors (Lipinski definition) is 3. The van der Waals surface area contributed by atoms with E-state index in [9.17, 15) is 0 Å². The van der Waals surface area contributed by atoms with Gasteiger partial charge in [0, 0.05) is 12.5 Å². The summed E-state index contributed by atoms with van der Waals surface area (Å²) in [6, 6.07) is 10.7. The molecule has 0 aliphatic heterocycles. The highest BCUT2D eigenvalue weighted by Crippen LogP contribution is 2.42. The zero-order chi connectivity index (χ0) is 11.7. The Morgan fingerprint density at radius 3 is 2.82 bits per heavy atom. The molecule has 17 heavy (non-hydrogen) atoms. The van der Waals surface area contributed by atoms with Crippen LogP contribution in [0.25, 0.3) is 0 Å². The lowest BCUT2D eigenvalue weighted by atomic mass is 9.93. The molecular formula is C14H18N2O. The quantitative estimate of drug-likeness (QED) is 0.618. The maximum absolute atomic E-state index is 9.10. The van der Waals surface area contributed by atoms with E-state index in [2.05, 4.69) is 34.7 Å². The smallest absolute Gasteiger partial charge is 0.0773 e. The average Bonchev–Trinajstić information content (AvgIpc) is 2.97. The highest BCUT2D eigenvalue weighted by Gasteiger charge is 2.45. The number of oxime groups is 1. The molecule has 0 aromatic heterocycles. The van der Waals surface area contributed by atoms with Gasteiger partial charge in [-0.05, 0) is 30.7 Å². The molecule has 2 fully saturated rings. The third-order valence-corrected chi connectivity index (χ3v) is 4.17. The fourth-order valence-corrected chi connectivity index (χ4v) is 3.32. The molecule has 2 bridgehead atoms. The first-order chi connectivity index (χ1) is 8.38. The van der Waals surface area contributed by atoms with Crippen LogP contribution in [0.2, 0.25) is 0 Å². The second kappa shape index (κ2) is 4.49. The second-order valence-electron chi connectivity index (χ2n) is 5.14. The van der Waals surface area contributed by atoms with Gasteiger partial charge in [0.2, 0.25) is 0 Å². The number of nitrogens with zero attached hydrogens (tertiary/aromatic N) is 1. The Kier molecular flexibility index (Phi) is 2.85. The van der Waals surface area contributed by atoms with Crippen LogP contribution in [-0.4, -0.2) is 17.0 Å². The third-order valence-electron chi connectivity index (χ3n) is 4.17. The van der Waals surface area contributed by atoms with Crippen molar-refractivity contribution in [1.82, 2.24) is 5.32 Å². The van der Waals surface area contributed by atoms with Crippen LogP contribution in [0.4, 0.5) is 0 Å². The van der Waals surface area contributed by atoms with Crippen LogP contribution in [0.1, 0.15) is 24.8 Å². The summed E-state index contributed by atoms with van der Waals surface area (Å²) in [4.78, 5) is 0. The fraction of sp³-hybridized carbons (Fsp3) is 0.500. The summed E-state index contributed by atoms with van der Waals surface area (Å²) in [5.74, 6) is 1.20. The van der Waals surface area contributed by atoms with Crippen LogP contribution < -0.4 is 5.32 Å². The molecule has 0 unspecified atom stereocenters. The molecule has 2 aliphatic rings. The predicted octanol–water partition coefficient (Wildman–Crippen LogP) is 2.40. The van der Waals surface area contributed by atoms with E-state index in [-0.39, 0.29) is 0 Å². The predicted molar refractivity (Wildman–Crippen MR) is 67.1 cm³/mol. The van der Waals surface area contributed by atoms with Crippen molar-refractivity contribution in [3.63, 3.8) is 0 Å². The summed E-state index contributed by atoms with van der Waals surface area (Å²) in [5, 5.41) is 16.2. The number of rotatable bonds is 3. The van der Waals surface area contributed by atoms with Gasteiger partial charge in [-0.3, -0.25) is 0 Å². The van der Waals surface area contributed by atoms with Crippen LogP contribution in [0.3, 0.4) is 0 Å². The first kappa shape index (κ1) is 10.8. The van der Waals surface area contributed by atoms with E-state index >= 15 is 0 Å². The summed E-state index contributed by atoms with van der Waals surface area (Å²) in [6.45, 7) is 0.855. The van der Waals surface area contributed by atoms with Gasteiger partial charge in [-0.2, -0.15) is 0 Å². The van der Waals surface area contributed by atoms with Gasteiger partial charge in [0.15, 0.2) is 0 Å². The lowest BCUT2D eigenvalue weighted by Crippen LogP contribution is -2.40. The second-order valence-corrected chi connectivity index (χ2v) is 5.14. The molecule has 0 amide bonds. The van der Waals surface area contributed by atoms with E-state index in [1.165, 1.54) is 24.8 Å². The van der Waals surface area contributed by atoms with E-state index < -0.39 is 0 Å². The first-order valence-electron chi connectivity index (χ1n) is 6.37. The van der Waals surface area contributed by atoms with Crippen LogP contribution in [0, 0.1) is 11.8 Å². The molecule has 0 spiro atoms. The minimum absolute atomic E-state index is 0.291. The Morgan fingerprint density at radius 2 is 2.06 bits per heavy atom. The number of fused-ring (bicyclic) bond motifs is 2. The van der Waals surface area contributed by atoms with E-state index in [0.717, 1.165) is 12.3 Å². The van der Waals surface area contributed by atoms with Gasteiger partial charge in [-0.1, -0.05) is 35.5 Å². The Bertz CT molecular complexity index is 415. The molecule has 3 heteroatoms. The Balaban J connectivity index is 1.66. The topological polar surface area (TPSA) is 44.6 Å². The van der Waals surface area contributed by atoms with E-state index in [0.29, 0.717) is 17.9 Å². The van der Waals surface area contributed by atoms with Crippen molar-refractivity contribution in [2.45, 2.75) is 31.8 Å². The van der Waals surface area contributed by atoms with Crippen LogP contribution in [-0.2, 0) is 6.54 Å². The van der Waals surface area contributed by atoms with Crippen molar-refractivity contribution in [3.8, 4) is 0 Å². The standard InChI is InChI=1S/C14H18N2O/c17-16-14-12-7-6-11(8-12)13(14)15-9-10-4-2-1-3-5-10/h1-5,11-13,15,17H,6-9H2/b16-14+/t11-,12-,13-/m0/s1. The van der Waals surface area contributed by atoms with Crippen LogP contribution in [0.15, 0.2) is 35.5 Å².